The monoisotopic (exact) mass is 267 g/mol. The van der Waals surface area contributed by atoms with Crippen LogP contribution in [0.3, 0.4) is 0 Å². The molecule has 2 aromatic rings. The lowest BCUT2D eigenvalue weighted by atomic mass is 10.0. The summed E-state index contributed by atoms with van der Waals surface area (Å²) < 4.78 is 0. The van der Waals surface area contributed by atoms with Gasteiger partial charge in [0.1, 0.15) is 5.82 Å². The number of anilines is 1. The van der Waals surface area contributed by atoms with Crippen molar-refractivity contribution in [3.63, 3.8) is 0 Å². The van der Waals surface area contributed by atoms with Crippen LogP contribution in [-0.4, -0.2) is 17.0 Å². The Balaban J connectivity index is 2.06. The fraction of sp³-hybridized carbons (Fsp3) is 0.412. The Kier molecular flexibility index (Phi) is 3.68. The van der Waals surface area contributed by atoms with Crippen molar-refractivity contribution < 1.29 is 0 Å². The zero-order valence-electron chi connectivity index (χ0n) is 12.2. The van der Waals surface area contributed by atoms with Crippen LogP contribution in [0.25, 0.3) is 11.4 Å². The SMILES string of the molecule is CNc1cc(C2CCCC2)nc(-c2ccccc2C)n1. The molecule has 3 rings (SSSR count). The van der Waals surface area contributed by atoms with E-state index in [0.717, 1.165) is 17.2 Å². The van der Waals surface area contributed by atoms with Crippen LogP contribution >= 0.6 is 0 Å². The molecule has 1 fully saturated rings. The number of hydrogen-bond donors (Lipinski definition) is 1. The molecule has 0 saturated heterocycles. The van der Waals surface area contributed by atoms with Crippen LogP contribution in [0, 0.1) is 6.92 Å². The second-order valence-corrected chi connectivity index (χ2v) is 5.55. The number of benzene rings is 1. The fourth-order valence-electron chi connectivity index (χ4n) is 2.97. The lowest BCUT2D eigenvalue weighted by Gasteiger charge is -2.13. The highest BCUT2D eigenvalue weighted by Gasteiger charge is 2.20. The van der Waals surface area contributed by atoms with Gasteiger partial charge in [0.25, 0.3) is 0 Å². The summed E-state index contributed by atoms with van der Waals surface area (Å²) in [6.07, 6.45) is 5.16. The Bertz CT molecular complexity index is 601. The van der Waals surface area contributed by atoms with Crippen molar-refractivity contribution in [2.24, 2.45) is 0 Å². The third-order valence-electron chi connectivity index (χ3n) is 4.16. The van der Waals surface area contributed by atoms with Crippen molar-refractivity contribution in [1.29, 1.82) is 0 Å². The highest BCUT2D eigenvalue weighted by atomic mass is 15.0. The van der Waals surface area contributed by atoms with E-state index >= 15 is 0 Å². The van der Waals surface area contributed by atoms with Gasteiger partial charge in [-0.15, -0.1) is 0 Å². The first-order valence-corrected chi connectivity index (χ1v) is 7.40. The van der Waals surface area contributed by atoms with Gasteiger partial charge in [-0.3, -0.25) is 0 Å². The molecule has 1 N–H and O–H groups in total. The van der Waals surface area contributed by atoms with Gasteiger partial charge in [-0.1, -0.05) is 37.1 Å². The van der Waals surface area contributed by atoms with Crippen molar-refractivity contribution in [3.05, 3.63) is 41.6 Å². The number of aromatic nitrogens is 2. The molecule has 1 aromatic carbocycles. The molecule has 1 aliphatic rings. The molecule has 1 aliphatic carbocycles. The van der Waals surface area contributed by atoms with Gasteiger partial charge >= 0.3 is 0 Å². The molecular weight excluding hydrogens is 246 g/mol. The van der Waals surface area contributed by atoms with Crippen LogP contribution in [-0.2, 0) is 0 Å². The second kappa shape index (κ2) is 5.61. The topological polar surface area (TPSA) is 37.8 Å². The molecule has 3 nitrogen and oxygen atoms in total. The van der Waals surface area contributed by atoms with Crippen LogP contribution in [0.15, 0.2) is 30.3 Å². The van der Waals surface area contributed by atoms with Gasteiger partial charge < -0.3 is 5.32 Å². The Morgan fingerprint density at radius 3 is 2.55 bits per heavy atom. The molecule has 3 heteroatoms. The van der Waals surface area contributed by atoms with E-state index in [2.05, 4.69) is 41.5 Å². The normalized spacial score (nSPS) is 15.5. The summed E-state index contributed by atoms with van der Waals surface area (Å²) in [5, 5.41) is 3.17. The maximum absolute atomic E-state index is 4.84. The first-order chi connectivity index (χ1) is 9.78. The lowest BCUT2D eigenvalue weighted by molar-refractivity contribution is 0.696. The molecule has 1 heterocycles. The summed E-state index contributed by atoms with van der Waals surface area (Å²) in [6.45, 7) is 2.11. The molecule has 0 atom stereocenters. The molecule has 1 saturated carbocycles. The zero-order chi connectivity index (χ0) is 13.9. The smallest absolute Gasteiger partial charge is 0.162 e. The van der Waals surface area contributed by atoms with Crippen LogP contribution in [0.2, 0.25) is 0 Å². The second-order valence-electron chi connectivity index (χ2n) is 5.55. The third kappa shape index (κ3) is 2.53. The molecule has 0 bridgehead atoms. The van der Waals surface area contributed by atoms with Crippen molar-refractivity contribution in [2.45, 2.75) is 38.5 Å². The van der Waals surface area contributed by atoms with Gasteiger partial charge in [0.15, 0.2) is 5.82 Å². The Labute approximate surface area is 120 Å². The van der Waals surface area contributed by atoms with Crippen molar-refractivity contribution in [1.82, 2.24) is 9.97 Å². The summed E-state index contributed by atoms with van der Waals surface area (Å²) in [6, 6.07) is 10.4. The molecule has 0 spiro atoms. The van der Waals surface area contributed by atoms with Crippen LogP contribution in [0.5, 0.6) is 0 Å². The maximum atomic E-state index is 4.84. The van der Waals surface area contributed by atoms with E-state index in [4.69, 9.17) is 4.98 Å². The maximum Gasteiger partial charge on any atom is 0.162 e. The van der Waals surface area contributed by atoms with Crippen LogP contribution in [0.4, 0.5) is 5.82 Å². The minimum absolute atomic E-state index is 0.605. The molecule has 0 radical (unpaired) electrons. The largest absolute Gasteiger partial charge is 0.373 e. The minimum Gasteiger partial charge on any atom is -0.373 e. The quantitative estimate of drug-likeness (QED) is 0.907. The number of aryl methyl sites for hydroxylation is 1. The number of hydrogen-bond acceptors (Lipinski definition) is 3. The summed E-state index contributed by atoms with van der Waals surface area (Å²) in [5.41, 5.74) is 3.54. The fourth-order valence-corrected chi connectivity index (χ4v) is 2.97. The summed E-state index contributed by atoms with van der Waals surface area (Å²) in [5.74, 6) is 2.37. The van der Waals surface area contributed by atoms with Gasteiger partial charge in [-0.2, -0.15) is 0 Å². The number of rotatable bonds is 3. The van der Waals surface area contributed by atoms with Gasteiger partial charge in [0, 0.05) is 30.3 Å². The molecular formula is C17H21N3. The van der Waals surface area contributed by atoms with Crippen molar-refractivity contribution in [3.8, 4) is 11.4 Å². The number of nitrogens with zero attached hydrogens (tertiary/aromatic N) is 2. The van der Waals surface area contributed by atoms with Gasteiger partial charge in [-0.25, -0.2) is 9.97 Å². The molecule has 104 valence electrons. The molecule has 0 unspecified atom stereocenters. The summed E-state index contributed by atoms with van der Waals surface area (Å²) in [7, 11) is 1.92. The third-order valence-corrected chi connectivity index (χ3v) is 4.16. The van der Waals surface area contributed by atoms with Crippen LogP contribution in [0.1, 0.15) is 42.9 Å². The average Bonchev–Trinajstić information content (AvgIpc) is 3.01. The number of nitrogens with one attached hydrogen (secondary N) is 1. The first-order valence-electron chi connectivity index (χ1n) is 7.40. The highest BCUT2D eigenvalue weighted by molar-refractivity contribution is 5.61. The standard InChI is InChI=1S/C17H21N3/c1-12-7-3-6-10-14(12)17-19-15(11-16(18-2)20-17)13-8-4-5-9-13/h3,6-7,10-11,13H,4-5,8-9H2,1-2H3,(H,18,19,20). The average molecular weight is 267 g/mol. The zero-order valence-corrected chi connectivity index (χ0v) is 12.2. The van der Waals surface area contributed by atoms with Crippen LogP contribution < -0.4 is 5.32 Å². The van der Waals surface area contributed by atoms with E-state index in [1.807, 2.05) is 13.1 Å². The molecule has 0 amide bonds. The Morgan fingerprint density at radius 1 is 1.10 bits per heavy atom. The Hall–Kier alpha value is -1.90. The van der Waals surface area contributed by atoms with E-state index in [9.17, 15) is 0 Å². The van der Waals surface area contributed by atoms with Gasteiger partial charge in [-0.05, 0) is 25.3 Å². The molecule has 1 aromatic heterocycles. The van der Waals surface area contributed by atoms with E-state index in [-0.39, 0.29) is 0 Å². The van der Waals surface area contributed by atoms with E-state index < -0.39 is 0 Å². The van der Waals surface area contributed by atoms with E-state index in [1.165, 1.54) is 36.9 Å². The predicted molar refractivity (Wildman–Crippen MR) is 83.0 cm³/mol. The van der Waals surface area contributed by atoms with E-state index in [0.29, 0.717) is 5.92 Å². The van der Waals surface area contributed by atoms with Crippen molar-refractivity contribution >= 4 is 5.82 Å². The lowest BCUT2D eigenvalue weighted by Crippen LogP contribution is -2.04. The van der Waals surface area contributed by atoms with Gasteiger partial charge in [0.2, 0.25) is 0 Å². The molecule has 0 aliphatic heterocycles. The first kappa shape index (κ1) is 13.1. The van der Waals surface area contributed by atoms with E-state index in [1.54, 1.807) is 0 Å². The van der Waals surface area contributed by atoms with Gasteiger partial charge in [0.05, 0.1) is 0 Å². The highest BCUT2D eigenvalue weighted by Crippen LogP contribution is 2.34. The Morgan fingerprint density at radius 2 is 1.85 bits per heavy atom. The molecule has 20 heavy (non-hydrogen) atoms. The summed E-state index contributed by atoms with van der Waals surface area (Å²) in [4.78, 5) is 9.48. The van der Waals surface area contributed by atoms with Crippen molar-refractivity contribution in [2.75, 3.05) is 12.4 Å². The summed E-state index contributed by atoms with van der Waals surface area (Å²) >= 11 is 0. The minimum atomic E-state index is 0.605. The predicted octanol–water partition coefficient (Wildman–Crippen LogP) is 4.15.